The van der Waals surface area contributed by atoms with Crippen LogP contribution in [0.25, 0.3) is 0 Å². The van der Waals surface area contributed by atoms with Crippen molar-refractivity contribution in [1.29, 1.82) is 0 Å². The zero-order valence-electron chi connectivity index (χ0n) is 13.5. The summed E-state index contributed by atoms with van der Waals surface area (Å²) in [6.45, 7) is 2.40. The Bertz CT molecular complexity index is 463. The standard InChI is InChI=1S/C18H29N3/c1-20(2)15-10-12-21(13-11-15)17-9-5-7-14-6-3-4-8-16(14)18(17)19/h3-4,6,8,15,17-18H,5,7,9-13,19H2,1-2H3. The van der Waals surface area contributed by atoms with Gasteiger partial charge in [0.05, 0.1) is 0 Å². The number of hydrogen-bond acceptors (Lipinski definition) is 3. The average Bonchev–Trinajstić information content (AvgIpc) is 2.67. The van der Waals surface area contributed by atoms with Gasteiger partial charge in [0, 0.05) is 18.1 Å². The van der Waals surface area contributed by atoms with E-state index in [1.807, 2.05) is 0 Å². The lowest BCUT2D eigenvalue weighted by Gasteiger charge is -2.41. The van der Waals surface area contributed by atoms with E-state index in [4.69, 9.17) is 5.73 Å². The van der Waals surface area contributed by atoms with Crippen LogP contribution in [0.3, 0.4) is 0 Å². The fraction of sp³-hybridized carbons (Fsp3) is 0.667. The summed E-state index contributed by atoms with van der Waals surface area (Å²) in [5.74, 6) is 0. The van der Waals surface area contributed by atoms with Crippen LogP contribution < -0.4 is 5.73 Å². The van der Waals surface area contributed by atoms with Crippen LogP contribution in [0.15, 0.2) is 24.3 Å². The van der Waals surface area contributed by atoms with Gasteiger partial charge in [0.15, 0.2) is 0 Å². The van der Waals surface area contributed by atoms with E-state index in [0.29, 0.717) is 6.04 Å². The van der Waals surface area contributed by atoms with Crippen molar-refractivity contribution >= 4 is 0 Å². The van der Waals surface area contributed by atoms with Crippen LogP contribution in [0, 0.1) is 0 Å². The summed E-state index contributed by atoms with van der Waals surface area (Å²) in [6, 6.07) is 10.2. The van der Waals surface area contributed by atoms with Crippen molar-refractivity contribution in [2.75, 3.05) is 27.2 Å². The number of piperidine rings is 1. The lowest BCUT2D eigenvalue weighted by molar-refractivity contribution is 0.0917. The summed E-state index contributed by atoms with van der Waals surface area (Å²) < 4.78 is 0. The molecule has 1 aliphatic heterocycles. The highest BCUT2D eigenvalue weighted by Crippen LogP contribution is 2.32. The molecule has 1 aliphatic carbocycles. The number of hydrogen-bond donors (Lipinski definition) is 1. The first kappa shape index (κ1) is 15.0. The Balaban J connectivity index is 1.72. The Morgan fingerprint density at radius 2 is 1.81 bits per heavy atom. The maximum absolute atomic E-state index is 6.66. The Morgan fingerprint density at radius 3 is 2.52 bits per heavy atom. The van der Waals surface area contributed by atoms with E-state index in [2.05, 4.69) is 48.2 Å². The smallest absolute Gasteiger partial charge is 0.0455 e. The number of benzene rings is 1. The minimum atomic E-state index is 0.180. The average molecular weight is 287 g/mol. The van der Waals surface area contributed by atoms with Gasteiger partial charge >= 0.3 is 0 Å². The molecule has 0 radical (unpaired) electrons. The SMILES string of the molecule is CN(C)C1CCN(C2CCCc3ccccc3C2N)CC1. The second kappa shape index (κ2) is 6.47. The molecular formula is C18H29N3. The largest absolute Gasteiger partial charge is 0.323 e. The quantitative estimate of drug-likeness (QED) is 0.848. The molecule has 1 aromatic carbocycles. The van der Waals surface area contributed by atoms with E-state index in [1.54, 1.807) is 0 Å². The molecule has 1 aromatic rings. The molecule has 2 N–H and O–H groups in total. The first-order chi connectivity index (χ1) is 10.2. The number of rotatable bonds is 2. The van der Waals surface area contributed by atoms with Gasteiger partial charge in [-0.05, 0) is 70.4 Å². The second-order valence-electron chi connectivity index (χ2n) is 6.91. The molecule has 1 fully saturated rings. The molecule has 0 bridgehead atoms. The molecule has 1 saturated heterocycles. The van der Waals surface area contributed by atoms with Crippen LogP contribution in [0.4, 0.5) is 0 Å². The van der Waals surface area contributed by atoms with Crippen LogP contribution in [0.5, 0.6) is 0 Å². The molecule has 116 valence electrons. The lowest BCUT2D eigenvalue weighted by atomic mass is 9.93. The summed E-state index contributed by atoms with van der Waals surface area (Å²) in [4.78, 5) is 5.03. The van der Waals surface area contributed by atoms with Crippen molar-refractivity contribution in [3.8, 4) is 0 Å². The molecule has 3 nitrogen and oxygen atoms in total. The molecule has 0 amide bonds. The summed E-state index contributed by atoms with van der Waals surface area (Å²) in [5.41, 5.74) is 9.52. The first-order valence-electron chi connectivity index (χ1n) is 8.40. The van der Waals surface area contributed by atoms with Crippen LogP contribution >= 0.6 is 0 Å². The zero-order valence-corrected chi connectivity index (χ0v) is 13.5. The van der Waals surface area contributed by atoms with Crippen molar-refractivity contribution in [3.63, 3.8) is 0 Å². The molecule has 2 aliphatic rings. The maximum Gasteiger partial charge on any atom is 0.0455 e. The van der Waals surface area contributed by atoms with Crippen molar-refractivity contribution < 1.29 is 0 Å². The predicted molar refractivity (Wildman–Crippen MR) is 88.4 cm³/mol. The highest BCUT2D eigenvalue weighted by atomic mass is 15.2. The summed E-state index contributed by atoms with van der Waals surface area (Å²) in [5, 5.41) is 0. The van der Waals surface area contributed by atoms with E-state index < -0.39 is 0 Å². The fourth-order valence-corrected chi connectivity index (χ4v) is 4.12. The molecule has 0 spiro atoms. The maximum atomic E-state index is 6.66. The minimum Gasteiger partial charge on any atom is -0.323 e. The zero-order chi connectivity index (χ0) is 14.8. The Kier molecular flexibility index (Phi) is 4.63. The van der Waals surface area contributed by atoms with Crippen LogP contribution in [0.1, 0.15) is 42.9 Å². The predicted octanol–water partition coefficient (Wildman–Crippen LogP) is 2.42. The minimum absolute atomic E-state index is 0.180. The van der Waals surface area contributed by atoms with E-state index in [0.717, 1.165) is 6.04 Å². The summed E-state index contributed by atoms with van der Waals surface area (Å²) in [7, 11) is 4.40. The van der Waals surface area contributed by atoms with Gasteiger partial charge in [-0.2, -0.15) is 0 Å². The summed E-state index contributed by atoms with van der Waals surface area (Å²) >= 11 is 0. The third-order valence-corrected chi connectivity index (χ3v) is 5.47. The Labute approximate surface area is 129 Å². The fourth-order valence-electron chi connectivity index (χ4n) is 4.12. The highest BCUT2D eigenvalue weighted by Gasteiger charge is 2.32. The monoisotopic (exact) mass is 287 g/mol. The van der Waals surface area contributed by atoms with Gasteiger partial charge in [-0.3, -0.25) is 4.90 Å². The van der Waals surface area contributed by atoms with Gasteiger partial charge in [-0.1, -0.05) is 24.3 Å². The van der Waals surface area contributed by atoms with Gasteiger partial charge in [0.1, 0.15) is 0 Å². The number of likely N-dealkylation sites (tertiary alicyclic amines) is 1. The number of nitrogens with two attached hydrogens (primary N) is 1. The molecule has 3 heteroatoms. The molecule has 21 heavy (non-hydrogen) atoms. The van der Waals surface area contributed by atoms with E-state index in [9.17, 15) is 0 Å². The van der Waals surface area contributed by atoms with Gasteiger partial charge in [-0.25, -0.2) is 0 Å². The van der Waals surface area contributed by atoms with E-state index in [1.165, 1.54) is 56.3 Å². The van der Waals surface area contributed by atoms with Gasteiger partial charge in [0.2, 0.25) is 0 Å². The van der Waals surface area contributed by atoms with Crippen molar-refractivity contribution in [2.45, 2.75) is 50.2 Å². The second-order valence-corrected chi connectivity index (χ2v) is 6.91. The topological polar surface area (TPSA) is 32.5 Å². The van der Waals surface area contributed by atoms with Crippen molar-refractivity contribution in [1.82, 2.24) is 9.80 Å². The molecule has 1 heterocycles. The lowest BCUT2D eigenvalue weighted by Crippen LogP contribution is -2.49. The van der Waals surface area contributed by atoms with Crippen LogP contribution in [-0.4, -0.2) is 49.1 Å². The van der Waals surface area contributed by atoms with E-state index >= 15 is 0 Å². The van der Waals surface area contributed by atoms with Crippen molar-refractivity contribution in [2.24, 2.45) is 5.73 Å². The van der Waals surface area contributed by atoms with Gasteiger partial charge < -0.3 is 10.6 Å². The molecule has 3 rings (SSSR count). The molecule has 2 unspecified atom stereocenters. The number of aryl methyl sites for hydroxylation is 1. The number of fused-ring (bicyclic) bond motifs is 1. The molecule has 0 saturated carbocycles. The van der Waals surface area contributed by atoms with Gasteiger partial charge in [0.25, 0.3) is 0 Å². The molecule has 2 atom stereocenters. The number of nitrogens with zero attached hydrogens (tertiary/aromatic N) is 2. The summed E-state index contributed by atoms with van der Waals surface area (Å²) in [6.07, 6.45) is 6.25. The normalized spacial score (nSPS) is 28.4. The van der Waals surface area contributed by atoms with Crippen LogP contribution in [-0.2, 0) is 6.42 Å². The molecule has 0 aromatic heterocycles. The first-order valence-corrected chi connectivity index (χ1v) is 8.40. The third kappa shape index (κ3) is 3.15. The van der Waals surface area contributed by atoms with Gasteiger partial charge in [-0.15, -0.1) is 0 Å². The molecular weight excluding hydrogens is 258 g/mol. The van der Waals surface area contributed by atoms with E-state index in [-0.39, 0.29) is 6.04 Å². The van der Waals surface area contributed by atoms with Crippen molar-refractivity contribution in [3.05, 3.63) is 35.4 Å². The van der Waals surface area contributed by atoms with Crippen LogP contribution in [0.2, 0.25) is 0 Å². The Hall–Kier alpha value is -0.900. The third-order valence-electron chi connectivity index (χ3n) is 5.47. The highest BCUT2D eigenvalue weighted by molar-refractivity contribution is 5.32. The Morgan fingerprint density at radius 1 is 1.10 bits per heavy atom.